The van der Waals surface area contributed by atoms with E-state index in [1.54, 1.807) is 60.7 Å². The van der Waals surface area contributed by atoms with Gasteiger partial charge in [-0.25, -0.2) is 9.59 Å². The fourth-order valence-electron chi connectivity index (χ4n) is 5.12. The van der Waals surface area contributed by atoms with Gasteiger partial charge in [0.2, 0.25) is 0 Å². The molecule has 0 spiro atoms. The maximum Gasteiger partial charge on any atom is 0.336 e. The van der Waals surface area contributed by atoms with E-state index in [-0.39, 0.29) is 56.8 Å². The van der Waals surface area contributed by atoms with E-state index < -0.39 is 11.9 Å². The molecular formula is C36H34N2O6S2. The summed E-state index contributed by atoms with van der Waals surface area (Å²) in [6.07, 6.45) is 0. The Labute approximate surface area is 276 Å². The van der Waals surface area contributed by atoms with Gasteiger partial charge in [-0.3, -0.25) is 9.59 Å². The van der Waals surface area contributed by atoms with Gasteiger partial charge in [0, 0.05) is 49.6 Å². The molecule has 0 heterocycles. The molecule has 4 aromatic rings. The molecule has 0 bridgehead atoms. The Hall–Kier alpha value is -4.54. The van der Waals surface area contributed by atoms with Gasteiger partial charge in [0.05, 0.1) is 27.8 Å². The van der Waals surface area contributed by atoms with Crippen LogP contribution in [-0.2, 0) is 0 Å². The number of benzene rings is 4. The van der Waals surface area contributed by atoms with Crippen molar-refractivity contribution in [3.8, 4) is 0 Å². The molecule has 0 fully saturated rings. The van der Waals surface area contributed by atoms with Crippen LogP contribution in [0.5, 0.6) is 0 Å². The van der Waals surface area contributed by atoms with Gasteiger partial charge in [0.1, 0.15) is 0 Å². The minimum atomic E-state index is -1.13. The lowest BCUT2D eigenvalue weighted by Gasteiger charge is -2.27. The summed E-state index contributed by atoms with van der Waals surface area (Å²) in [5, 5.41) is 26.6. The van der Waals surface area contributed by atoms with Gasteiger partial charge >= 0.3 is 11.9 Å². The number of fused-ring (bicyclic) bond motifs is 2. The lowest BCUT2D eigenvalue weighted by atomic mass is 9.82. The third-order valence-corrected chi connectivity index (χ3v) is 9.76. The molecule has 0 aliphatic heterocycles. The Morgan fingerprint density at radius 2 is 1.17 bits per heavy atom. The molecule has 0 unspecified atom stereocenters. The maximum absolute atomic E-state index is 14.8. The van der Waals surface area contributed by atoms with Crippen molar-refractivity contribution in [1.82, 2.24) is 0 Å². The predicted molar refractivity (Wildman–Crippen MR) is 181 cm³/mol. The van der Waals surface area contributed by atoms with E-state index in [1.165, 1.54) is 12.1 Å². The van der Waals surface area contributed by atoms with Crippen molar-refractivity contribution in [3.05, 3.63) is 106 Å². The molecule has 5 rings (SSSR count). The lowest BCUT2D eigenvalue weighted by molar-refractivity contribution is 0.0682. The first-order valence-corrected chi connectivity index (χ1v) is 16.5. The van der Waals surface area contributed by atoms with Gasteiger partial charge in [-0.1, -0.05) is 87.6 Å². The number of carboxylic acid groups (broad SMARTS) is 2. The third-order valence-electron chi connectivity index (χ3n) is 7.30. The zero-order chi connectivity index (χ0) is 33.1. The fourth-order valence-corrected chi connectivity index (χ4v) is 7.48. The predicted octanol–water partition coefficient (Wildman–Crippen LogP) is 8.30. The molecule has 4 aromatic carbocycles. The molecule has 0 aromatic heterocycles. The van der Waals surface area contributed by atoms with E-state index in [0.29, 0.717) is 44.0 Å². The second-order valence-electron chi connectivity index (χ2n) is 11.7. The van der Waals surface area contributed by atoms with Gasteiger partial charge in [0.25, 0.3) is 0 Å². The van der Waals surface area contributed by atoms with Crippen LogP contribution in [-0.4, -0.2) is 46.8 Å². The summed E-state index contributed by atoms with van der Waals surface area (Å²) in [6, 6.07) is 20.0. The molecule has 1 aliphatic rings. The second kappa shape index (κ2) is 13.8. The quantitative estimate of drug-likeness (QED) is 0.104. The molecule has 4 N–H and O–H groups in total. The summed E-state index contributed by atoms with van der Waals surface area (Å²) in [7, 11) is 0. The van der Waals surface area contributed by atoms with E-state index >= 15 is 0 Å². The molecule has 8 nitrogen and oxygen atoms in total. The van der Waals surface area contributed by atoms with Crippen LogP contribution < -0.4 is 10.6 Å². The van der Waals surface area contributed by atoms with Gasteiger partial charge in [-0.2, -0.15) is 0 Å². The van der Waals surface area contributed by atoms with Crippen molar-refractivity contribution in [2.24, 2.45) is 11.8 Å². The van der Waals surface area contributed by atoms with Gasteiger partial charge < -0.3 is 20.8 Å². The Bertz CT molecular complexity index is 1870. The van der Waals surface area contributed by atoms with E-state index in [9.17, 15) is 29.4 Å². The van der Waals surface area contributed by atoms with Gasteiger partial charge in [-0.15, -0.1) is 0 Å². The minimum absolute atomic E-state index is 0.0411. The van der Waals surface area contributed by atoms with Crippen LogP contribution >= 0.6 is 23.5 Å². The van der Waals surface area contributed by atoms with Crippen LogP contribution in [0.25, 0.3) is 0 Å². The normalized spacial score (nSPS) is 12.2. The lowest BCUT2D eigenvalue weighted by Crippen LogP contribution is -2.26. The van der Waals surface area contributed by atoms with E-state index in [4.69, 9.17) is 0 Å². The van der Waals surface area contributed by atoms with E-state index in [2.05, 4.69) is 10.6 Å². The number of rotatable bonds is 12. The highest BCUT2D eigenvalue weighted by molar-refractivity contribution is 8.02. The Kier molecular flexibility index (Phi) is 9.88. The number of carbonyl (C=O) groups excluding carboxylic acids is 2. The average molecular weight is 655 g/mol. The van der Waals surface area contributed by atoms with Crippen molar-refractivity contribution in [3.63, 3.8) is 0 Å². The molecule has 10 heteroatoms. The van der Waals surface area contributed by atoms with Crippen LogP contribution in [0.1, 0.15) is 80.3 Å². The number of anilines is 2. The SMILES string of the molecule is CC(C)CNc1cccc2c1C(=O)c1c(Sc3ccccc3C(=O)O)c(Sc3ccccc3C(=O)O)cc(NCC(C)C)c1C2=O. The van der Waals surface area contributed by atoms with Crippen LogP contribution in [0.3, 0.4) is 0 Å². The summed E-state index contributed by atoms with van der Waals surface area (Å²) >= 11 is 2.24. The molecule has 0 saturated carbocycles. The minimum Gasteiger partial charge on any atom is -0.478 e. The molecule has 0 radical (unpaired) electrons. The third kappa shape index (κ3) is 6.68. The number of carbonyl (C=O) groups is 4. The summed E-state index contributed by atoms with van der Waals surface area (Å²) in [6.45, 7) is 9.25. The molecular weight excluding hydrogens is 621 g/mol. The van der Waals surface area contributed by atoms with Gasteiger partial charge in [0.15, 0.2) is 11.6 Å². The largest absolute Gasteiger partial charge is 0.478 e. The topological polar surface area (TPSA) is 133 Å². The van der Waals surface area contributed by atoms with Crippen molar-refractivity contribution in [1.29, 1.82) is 0 Å². The number of ketones is 2. The van der Waals surface area contributed by atoms with Crippen molar-refractivity contribution in [2.45, 2.75) is 47.3 Å². The molecule has 1 aliphatic carbocycles. The van der Waals surface area contributed by atoms with Crippen LogP contribution in [0.15, 0.2) is 92.4 Å². The summed E-state index contributed by atoms with van der Waals surface area (Å²) in [5.74, 6) is -2.44. The highest BCUT2D eigenvalue weighted by Crippen LogP contribution is 2.49. The van der Waals surface area contributed by atoms with Crippen molar-refractivity contribution >= 4 is 58.4 Å². The summed E-state index contributed by atoms with van der Waals surface area (Å²) < 4.78 is 0. The Balaban J connectivity index is 1.82. The highest BCUT2D eigenvalue weighted by atomic mass is 32.2. The number of hydrogen-bond acceptors (Lipinski definition) is 8. The van der Waals surface area contributed by atoms with E-state index in [1.807, 2.05) is 27.7 Å². The van der Waals surface area contributed by atoms with Crippen molar-refractivity contribution < 1.29 is 29.4 Å². The molecule has 0 atom stereocenters. The number of aromatic carboxylic acids is 2. The highest BCUT2D eigenvalue weighted by Gasteiger charge is 2.38. The zero-order valence-electron chi connectivity index (χ0n) is 25.8. The molecule has 0 amide bonds. The second-order valence-corrected chi connectivity index (χ2v) is 13.9. The van der Waals surface area contributed by atoms with Crippen LogP contribution in [0, 0.1) is 11.8 Å². The van der Waals surface area contributed by atoms with Crippen LogP contribution in [0.2, 0.25) is 0 Å². The molecule has 46 heavy (non-hydrogen) atoms. The Morgan fingerprint density at radius 1 is 0.630 bits per heavy atom. The fraction of sp³-hybridized carbons (Fsp3) is 0.222. The summed E-state index contributed by atoms with van der Waals surface area (Å²) in [4.78, 5) is 55.3. The number of carboxylic acids is 2. The molecule has 0 saturated heterocycles. The van der Waals surface area contributed by atoms with Gasteiger partial charge in [-0.05, 0) is 48.2 Å². The number of hydrogen-bond donors (Lipinski definition) is 4. The first-order valence-electron chi connectivity index (χ1n) is 14.9. The smallest absolute Gasteiger partial charge is 0.336 e. The average Bonchev–Trinajstić information content (AvgIpc) is 3.02. The van der Waals surface area contributed by atoms with Crippen LogP contribution in [0.4, 0.5) is 11.4 Å². The maximum atomic E-state index is 14.8. The zero-order valence-corrected chi connectivity index (χ0v) is 27.5. The number of nitrogens with one attached hydrogen (secondary N) is 2. The first kappa shape index (κ1) is 32.8. The summed E-state index contributed by atoms with van der Waals surface area (Å²) in [5.41, 5.74) is 2.05. The monoisotopic (exact) mass is 654 g/mol. The molecule has 236 valence electrons. The van der Waals surface area contributed by atoms with E-state index in [0.717, 1.165) is 23.5 Å². The van der Waals surface area contributed by atoms with Crippen molar-refractivity contribution in [2.75, 3.05) is 23.7 Å². The standard InChI is InChI=1S/C36H34N2O6S2/c1-19(2)17-37-24-13-9-12-23-29(24)33(40)31-30(32(23)39)25(38-18-20(3)4)16-28(45-26-14-7-5-10-21(26)35(41)42)34(31)46-27-15-8-6-11-22(27)36(43)44/h5-16,19-20,37-38H,17-18H2,1-4H3,(H,41,42)(H,43,44). The Morgan fingerprint density at radius 3 is 1.74 bits per heavy atom. The first-order chi connectivity index (χ1) is 22.0.